The quantitative estimate of drug-likeness (QED) is 0.801. The normalized spacial score (nSPS) is 17.2. The molecule has 0 saturated heterocycles. The van der Waals surface area contributed by atoms with Crippen molar-refractivity contribution in [2.24, 2.45) is 0 Å². The first-order chi connectivity index (χ1) is 8.42. The predicted molar refractivity (Wildman–Crippen MR) is 75.4 cm³/mol. The molecule has 0 amide bonds. The summed E-state index contributed by atoms with van der Waals surface area (Å²) in [7, 11) is 0. The number of rotatable bonds is 0. The standard InChI is InChI=1S/C13H10BrNO2S/c1-13(2)12(17)9-8(18-13)5-6-7(16)3-4-15-11(6)10(9)14/h3-5H,1-2H3,(H,15,16). The van der Waals surface area contributed by atoms with Crippen LogP contribution in [-0.4, -0.2) is 20.6 Å². The van der Waals surface area contributed by atoms with Crippen LogP contribution in [-0.2, 0) is 0 Å². The number of hydrogen-bond donors (Lipinski definition) is 1. The molecule has 1 aromatic heterocycles. The maximum absolute atomic E-state index is 12.3. The Morgan fingerprint density at radius 2 is 2.17 bits per heavy atom. The molecular weight excluding hydrogens is 314 g/mol. The van der Waals surface area contributed by atoms with Crippen molar-refractivity contribution in [2.45, 2.75) is 23.5 Å². The summed E-state index contributed by atoms with van der Waals surface area (Å²) in [5.41, 5.74) is 1.30. The smallest absolute Gasteiger partial charge is 0.181 e. The molecule has 18 heavy (non-hydrogen) atoms. The van der Waals surface area contributed by atoms with E-state index in [4.69, 9.17) is 0 Å². The van der Waals surface area contributed by atoms with Gasteiger partial charge in [-0.1, -0.05) is 0 Å². The van der Waals surface area contributed by atoms with Gasteiger partial charge >= 0.3 is 0 Å². The van der Waals surface area contributed by atoms with Crippen molar-refractivity contribution in [3.05, 3.63) is 28.4 Å². The highest BCUT2D eigenvalue weighted by molar-refractivity contribution is 9.10. The number of benzene rings is 1. The number of carbonyl (C=O) groups is 1. The molecular formula is C13H10BrNO2S. The average Bonchev–Trinajstić information content (AvgIpc) is 2.52. The van der Waals surface area contributed by atoms with Crippen molar-refractivity contribution in [1.82, 2.24) is 4.98 Å². The second-order valence-electron chi connectivity index (χ2n) is 4.73. The Morgan fingerprint density at radius 3 is 2.89 bits per heavy atom. The van der Waals surface area contributed by atoms with Gasteiger partial charge in [-0.3, -0.25) is 9.78 Å². The summed E-state index contributed by atoms with van der Waals surface area (Å²) in [5, 5.41) is 10.5. The number of pyridine rings is 1. The third-order valence-corrected chi connectivity index (χ3v) is 5.06. The van der Waals surface area contributed by atoms with Gasteiger partial charge in [0.1, 0.15) is 5.75 Å². The predicted octanol–water partition coefficient (Wildman–Crippen LogP) is 3.77. The van der Waals surface area contributed by atoms with Gasteiger partial charge in [-0.05, 0) is 41.9 Å². The molecule has 0 aliphatic carbocycles. The summed E-state index contributed by atoms with van der Waals surface area (Å²) in [6, 6.07) is 3.39. The van der Waals surface area contributed by atoms with E-state index in [2.05, 4.69) is 20.9 Å². The molecule has 2 heterocycles. The highest BCUT2D eigenvalue weighted by atomic mass is 79.9. The van der Waals surface area contributed by atoms with Gasteiger partial charge < -0.3 is 5.11 Å². The first-order valence-electron chi connectivity index (χ1n) is 5.46. The molecule has 1 aliphatic rings. The highest BCUT2D eigenvalue weighted by Gasteiger charge is 2.40. The lowest BCUT2D eigenvalue weighted by molar-refractivity contribution is 0.0960. The number of nitrogens with zero attached hydrogens (tertiary/aromatic N) is 1. The summed E-state index contributed by atoms with van der Waals surface area (Å²) in [6.45, 7) is 3.81. The molecule has 0 atom stereocenters. The molecule has 0 spiro atoms. The van der Waals surface area contributed by atoms with E-state index in [0.717, 1.165) is 4.90 Å². The minimum absolute atomic E-state index is 0.0985. The van der Waals surface area contributed by atoms with Gasteiger partial charge in [-0.15, -0.1) is 11.8 Å². The van der Waals surface area contributed by atoms with E-state index in [1.54, 1.807) is 6.07 Å². The number of aromatic hydroxyl groups is 1. The number of aromatic nitrogens is 1. The minimum Gasteiger partial charge on any atom is -0.507 e. The second-order valence-corrected chi connectivity index (χ2v) is 7.19. The van der Waals surface area contributed by atoms with Crippen LogP contribution in [0.25, 0.3) is 10.9 Å². The molecule has 1 N–H and O–H groups in total. The maximum atomic E-state index is 12.3. The van der Waals surface area contributed by atoms with Gasteiger partial charge in [0, 0.05) is 22.0 Å². The largest absolute Gasteiger partial charge is 0.507 e. The van der Waals surface area contributed by atoms with Crippen LogP contribution in [0, 0.1) is 0 Å². The van der Waals surface area contributed by atoms with Crippen molar-refractivity contribution < 1.29 is 9.90 Å². The minimum atomic E-state index is -0.460. The van der Waals surface area contributed by atoms with Crippen molar-refractivity contribution in [3.63, 3.8) is 0 Å². The summed E-state index contributed by atoms with van der Waals surface area (Å²) < 4.78 is 0.215. The summed E-state index contributed by atoms with van der Waals surface area (Å²) >= 11 is 4.97. The number of hydrogen-bond acceptors (Lipinski definition) is 4. The van der Waals surface area contributed by atoms with Crippen LogP contribution >= 0.6 is 27.7 Å². The number of Topliss-reactive ketones (excluding diaryl/α,β-unsaturated/α-hetero) is 1. The van der Waals surface area contributed by atoms with Crippen LogP contribution in [0.5, 0.6) is 5.75 Å². The molecule has 0 fully saturated rings. The molecule has 2 aromatic rings. The molecule has 0 unspecified atom stereocenters. The molecule has 92 valence electrons. The zero-order valence-corrected chi connectivity index (χ0v) is 12.2. The first kappa shape index (κ1) is 12.0. The van der Waals surface area contributed by atoms with E-state index in [9.17, 15) is 9.90 Å². The Balaban J connectivity index is 2.42. The molecule has 3 nitrogen and oxygen atoms in total. The molecule has 1 aliphatic heterocycles. The molecule has 5 heteroatoms. The number of fused-ring (bicyclic) bond motifs is 2. The van der Waals surface area contributed by atoms with Crippen LogP contribution in [0.2, 0.25) is 0 Å². The lowest BCUT2D eigenvalue weighted by Crippen LogP contribution is -2.22. The van der Waals surface area contributed by atoms with Gasteiger partial charge in [-0.25, -0.2) is 0 Å². The lowest BCUT2D eigenvalue weighted by atomic mass is 9.99. The van der Waals surface area contributed by atoms with Gasteiger partial charge in [0.2, 0.25) is 0 Å². The zero-order chi connectivity index (χ0) is 13.1. The fraction of sp³-hybridized carbons (Fsp3) is 0.231. The fourth-order valence-corrected chi connectivity index (χ4v) is 4.18. The summed E-state index contributed by atoms with van der Waals surface area (Å²) in [5.74, 6) is 0.280. The molecule has 0 bridgehead atoms. The number of thioether (sulfide) groups is 1. The van der Waals surface area contributed by atoms with Gasteiger partial charge in [0.05, 0.1) is 14.7 Å². The lowest BCUT2D eigenvalue weighted by Gasteiger charge is -2.12. The first-order valence-corrected chi connectivity index (χ1v) is 7.07. The van der Waals surface area contributed by atoms with Crippen molar-refractivity contribution in [2.75, 3.05) is 0 Å². The second kappa shape index (κ2) is 3.71. The molecule has 0 saturated carbocycles. The topological polar surface area (TPSA) is 50.2 Å². The van der Waals surface area contributed by atoms with Gasteiger partial charge in [0.15, 0.2) is 5.78 Å². The molecule has 0 radical (unpaired) electrons. The Bertz CT molecular complexity index is 697. The average molecular weight is 324 g/mol. The summed E-state index contributed by atoms with van der Waals surface area (Å²) in [6.07, 6.45) is 1.53. The van der Waals surface area contributed by atoms with Crippen LogP contribution in [0.3, 0.4) is 0 Å². The van der Waals surface area contributed by atoms with Crippen molar-refractivity contribution >= 4 is 44.4 Å². The number of carbonyl (C=O) groups excluding carboxylic acids is 1. The van der Waals surface area contributed by atoms with E-state index >= 15 is 0 Å². The van der Waals surface area contributed by atoms with E-state index in [-0.39, 0.29) is 11.5 Å². The zero-order valence-electron chi connectivity index (χ0n) is 9.82. The number of halogens is 1. The van der Waals surface area contributed by atoms with E-state index in [1.165, 1.54) is 18.0 Å². The van der Waals surface area contributed by atoms with E-state index in [0.29, 0.717) is 20.9 Å². The van der Waals surface area contributed by atoms with Crippen LogP contribution in [0.4, 0.5) is 0 Å². The molecule has 3 rings (SSSR count). The van der Waals surface area contributed by atoms with Crippen molar-refractivity contribution in [3.8, 4) is 5.75 Å². The van der Waals surface area contributed by atoms with E-state index in [1.807, 2.05) is 19.9 Å². The van der Waals surface area contributed by atoms with Gasteiger partial charge in [-0.2, -0.15) is 0 Å². The van der Waals surface area contributed by atoms with E-state index < -0.39 is 4.75 Å². The van der Waals surface area contributed by atoms with Crippen LogP contribution in [0.15, 0.2) is 27.7 Å². The third kappa shape index (κ3) is 1.50. The third-order valence-electron chi connectivity index (χ3n) is 3.06. The van der Waals surface area contributed by atoms with Gasteiger partial charge in [0.25, 0.3) is 0 Å². The Kier molecular flexibility index (Phi) is 2.47. The Labute approximate surface area is 117 Å². The fourth-order valence-electron chi connectivity index (χ4n) is 2.12. The number of ketones is 1. The SMILES string of the molecule is CC1(C)Sc2cc3c(O)ccnc3c(Br)c2C1=O. The summed E-state index contributed by atoms with van der Waals surface area (Å²) in [4.78, 5) is 17.5. The highest BCUT2D eigenvalue weighted by Crippen LogP contribution is 2.49. The van der Waals surface area contributed by atoms with Crippen molar-refractivity contribution in [1.29, 1.82) is 0 Å². The monoisotopic (exact) mass is 323 g/mol. The maximum Gasteiger partial charge on any atom is 0.181 e. The Morgan fingerprint density at radius 1 is 1.44 bits per heavy atom. The Hall–Kier alpha value is -1.07. The molecule has 1 aromatic carbocycles. The van der Waals surface area contributed by atoms with Crippen LogP contribution in [0.1, 0.15) is 24.2 Å². The van der Waals surface area contributed by atoms with Crippen LogP contribution < -0.4 is 0 Å².